The Morgan fingerprint density at radius 1 is 1.33 bits per heavy atom. The van der Waals surface area contributed by atoms with Crippen LogP contribution in [0.25, 0.3) is 0 Å². The summed E-state index contributed by atoms with van der Waals surface area (Å²) in [4.78, 5) is 0. The minimum atomic E-state index is -3.78. The van der Waals surface area contributed by atoms with E-state index in [4.69, 9.17) is 10.2 Å². The second-order valence-electron chi connectivity index (χ2n) is 4.42. The van der Waals surface area contributed by atoms with Gasteiger partial charge in [-0.15, -0.1) is 0 Å². The van der Waals surface area contributed by atoms with Gasteiger partial charge in [-0.1, -0.05) is 6.07 Å². The minimum Gasteiger partial charge on any atom is -0.394 e. The van der Waals surface area contributed by atoms with Crippen LogP contribution in [-0.2, 0) is 23.3 Å². The predicted molar refractivity (Wildman–Crippen MR) is 79.8 cm³/mol. The summed E-state index contributed by atoms with van der Waals surface area (Å²) in [6.45, 7) is 1.02. The number of aliphatic hydroxyl groups excluding tert-OH is 1. The third-order valence-electron chi connectivity index (χ3n) is 2.64. The van der Waals surface area contributed by atoms with E-state index in [9.17, 15) is 8.42 Å². The average molecular weight is 311 g/mol. The number of nitrogens with zero attached hydrogens (tertiary/aromatic N) is 2. The predicted octanol–water partition coefficient (Wildman–Crippen LogP) is 0.103. The van der Waals surface area contributed by atoms with Crippen molar-refractivity contribution in [1.82, 2.24) is 9.78 Å². The molecule has 1 heterocycles. The summed E-state index contributed by atoms with van der Waals surface area (Å²) >= 11 is 0. The molecule has 2 aromatic rings. The molecule has 1 aromatic heterocycles. The van der Waals surface area contributed by atoms with E-state index < -0.39 is 10.2 Å². The summed E-state index contributed by atoms with van der Waals surface area (Å²) in [5.41, 5.74) is 2.09. The van der Waals surface area contributed by atoms with E-state index in [0.717, 1.165) is 11.3 Å². The maximum Gasteiger partial charge on any atom is 0.296 e. The van der Waals surface area contributed by atoms with Gasteiger partial charge < -0.3 is 10.4 Å². The van der Waals surface area contributed by atoms with Gasteiger partial charge in [0.1, 0.15) is 0 Å². The fourth-order valence-corrected chi connectivity index (χ4v) is 2.24. The molecule has 1 aromatic carbocycles. The fraction of sp³-hybridized carbons (Fsp3) is 0.250. The van der Waals surface area contributed by atoms with Crippen LogP contribution >= 0.6 is 0 Å². The van der Waals surface area contributed by atoms with Crippen LogP contribution in [0.4, 0.5) is 11.4 Å². The normalized spacial score (nSPS) is 11.3. The zero-order valence-corrected chi connectivity index (χ0v) is 12.0. The zero-order chi connectivity index (χ0) is 15.3. The summed E-state index contributed by atoms with van der Waals surface area (Å²) in [6.07, 6.45) is 3.53. The molecule has 9 heteroatoms. The van der Waals surface area contributed by atoms with Gasteiger partial charge in [-0.25, -0.2) is 5.14 Å². The molecule has 0 bridgehead atoms. The molecule has 0 radical (unpaired) electrons. The molecule has 0 unspecified atom stereocenters. The first-order valence-corrected chi connectivity index (χ1v) is 7.77. The summed E-state index contributed by atoms with van der Waals surface area (Å²) < 4.78 is 25.8. The van der Waals surface area contributed by atoms with Gasteiger partial charge in [0.2, 0.25) is 0 Å². The van der Waals surface area contributed by atoms with E-state index in [1.54, 1.807) is 29.1 Å². The number of aliphatic hydroxyl groups is 1. The highest BCUT2D eigenvalue weighted by molar-refractivity contribution is 7.90. The van der Waals surface area contributed by atoms with E-state index in [-0.39, 0.29) is 6.61 Å². The number of aromatic nitrogens is 2. The van der Waals surface area contributed by atoms with Crippen molar-refractivity contribution in [1.29, 1.82) is 0 Å². The van der Waals surface area contributed by atoms with Crippen molar-refractivity contribution in [2.75, 3.05) is 16.6 Å². The lowest BCUT2D eigenvalue weighted by Crippen LogP contribution is -2.21. The molecule has 0 saturated carbocycles. The molecule has 0 aliphatic rings. The molecular weight excluding hydrogens is 294 g/mol. The summed E-state index contributed by atoms with van der Waals surface area (Å²) in [5, 5.41) is 21.0. The largest absolute Gasteiger partial charge is 0.394 e. The number of benzene rings is 1. The Morgan fingerprint density at radius 2 is 2.10 bits per heavy atom. The lowest BCUT2D eigenvalue weighted by atomic mass is 10.2. The topological polar surface area (TPSA) is 122 Å². The third kappa shape index (κ3) is 5.06. The Hall–Kier alpha value is -2.10. The highest BCUT2D eigenvalue weighted by Crippen LogP contribution is 2.16. The van der Waals surface area contributed by atoms with Gasteiger partial charge in [-0.05, 0) is 18.2 Å². The van der Waals surface area contributed by atoms with E-state index in [1.165, 1.54) is 0 Å². The van der Waals surface area contributed by atoms with Crippen molar-refractivity contribution in [3.05, 3.63) is 42.2 Å². The molecule has 0 spiro atoms. The van der Waals surface area contributed by atoms with Crippen molar-refractivity contribution in [3.63, 3.8) is 0 Å². The van der Waals surface area contributed by atoms with Crippen LogP contribution in [0.1, 0.15) is 5.56 Å². The molecule has 0 atom stereocenters. The van der Waals surface area contributed by atoms with Gasteiger partial charge in [-0.3, -0.25) is 9.40 Å². The van der Waals surface area contributed by atoms with Crippen LogP contribution in [0.5, 0.6) is 0 Å². The molecule has 21 heavy (non-hydrogen) atoms. The number of anilines is 2. The maximum absolute atomic E-state index is 11.0. The Kier molecular flexibility index (Phi) is 4.78. The smallest absolute Gasteiger partial charge is 0.296 e. The van der Waals surface area contributed by atoms with E-state index in [2.05, 4.69) is 15.1 Å². The molecule has 8 nitrogen and oxygen atoms in total. The highest BCUT2D eigenvalue weighted by atomic mass is 32.2. The standard InChI is InChI=1S/C12H17N5O3S/c13-21(19,20)16-12-3-1-2-11(6-12)14-7-10-8-15-17(9-10)4-5-18/h1-3,6,8-9,14,16,18H,4-5,7H2,(H2,13,19,20). The molecule has 0 aliphatic heterocycles. The number of rotatable bonds is 7. The summed E-state index contributed by atoms with van der Waals surface area (Å²) in [5.74, 6) is 0. The van der Waals surface area contributed by atoms with Crippen molar-refractivity contribution in [2.24, 2.45) is 5.14 Å². The third-order valence-corrected chi connectivity index (χ3v) is 3.16. The molecule has 0 amide bonds. The maximum atomic E-state index is 11.0. The number of hydrogen-bond donors (Lipinski definition) is 4. The number of nitrogens with one attached hydrogen (secondary N) is 2. The van der Waals surface area contributed by atoms with Crippen molar-refractivity contribution in [3.8, 4) is 0 Å². The molecule has 2 rings (SSSR count). The molecular formula is C12H17N5O3S. The number of nitrogens with two attached hydrogens (primary N) is 1. The van der Waals surface area contributed by atoms with Crippen LogP contribution in [0.3, 0.4) is 0 Å². The van der Waals surface area contributed by atoms with Crippen LogP contribution in [0.2, 0.25) is 0 Å². The number of hydrogen-bond acceptors (Lipinski definition) is 5. The Morgan fingerprint density at radius 3 is 2.81 bits per heavy atom. The lowest BCUT2D eigenvalue weighted by molar-refractivity contribution is 0.269. The second kappa shape index (κ2) is 6.57. The second-order valence-corrected chi connectivity index (χ2v) is 5.71. The molecule has 0 fully saturated rings. The Balaban J connectivity index is 1.97. The molecule has 114 valence electrons. The van der Waals surface area contributed by atoms with Crippen molar-refractivity contribution in [2.45, 2.75) is 13.1 Å². The quantitative estimate of drug-likeness (QED) is 0.578. The summed E-state index contributed by atoms with van der Waals surface area (Å²) in [7, 11) is -3.78. The zero-order valence-electron chi connectivity index (χ0n) is 11.2. The monoisotopic (exact) mass is 311 g/mol. The highest BCUT2D eigenvalue weighted by Gasteiger charge is 2.03. The van der Waals surface area contributed by atoms with E-state index in [0.29, 0.717) is 18.8 Å². The van der Waals surface area contributed by atoms with Gasteiger partial charge in [0.05, 0.1) is 25.0 Å². The SMILES string of the molecule is NS(=O)(=O)Nc1cccc(NCc2cnn(CCO)c2)c1. The van der Waals surface area contributed by atoms with Crippen LogP contribution in [0.15, 0.2) is 36.7 Å². The van der Waals surface area contributed by atoms with Crippen LogP contribution in [0, 0.1) is 0 Å². The molecule has 0 saturated heterocycles. The average Bonchev–Trinajstić information content (AvgIpc) is 2.83. The molecule has 5 N–H and O–H groups in total. The van der Waals surface area contributed by atoms with Gasteiger partial charge in [0.15, 0.2) is 0 Å². The first kappa shape index (κ1) is 15.3. The lowest BCUT2D eigenvalue weighted by Gasteiger charge is -2.08. The van der Waals surface area contributed by atoms with Gasteiger partial charge in [0.25, 0.3) is 10.2 Å². The van der Waals surface area contributed by atoms with E-state index in [1.807, 2.05) is 12.3 Å². The van der Waals surface area contributed by atoms with Crippen molar-refractivity contribution < 1.29 is 13.5 Å². The molecule has 0 aliphatic carbocycles. The first-order valence-electron chi connectivity index (χ1n) is 6.23. The first-order chi connectivity index (χ1) is 9.96. The summed E-state index contributed by atoms with van der Waals surface area (Å²) in [6, 6.07) is 6.77. The minimum absolute atomic E-state index is 0.0375. The Bertz CT molecular complexity index is 698. The van der Waals surface area contributed by atoms with Crippen molar-refractivity contribution >= 4 is 21.6 Å². The van der Waals surface area contributed by atoms with E-state index >= 15 is 0 Å². The van der Waals surface area contributed by atoms with Gasteiger partial charge in [-0.2, -0.15) is 13.5 Å². The fourth-order valence-electron chi connectivity index (χ4n) is 1.78. The van der Waals surface area contributed by atoms with Gasteiger partial charge in [0, 0.05) is 24.0 Å². The van der Waals surface area contributed by atoms with Crippen LogP contribution < -0.4 is 15.2 Å². The van der Waals surface area contributed by atoms with Crippen LogP contribution in [-0.4, -0.2) is 29.9 Å². The Labute approximate surface area is 122 Å². The van der Waals surface area contributed by atoms with Gasteiger partial charge >= 0.3 is 0 Å².